The van der Waals surface area contributed by atoms with Crippen LogP contribution in [0.5, 0.6) is 0 Å². The molecule has 0 spiro atoms. The number of H-pyrrole nitrogens is 1. The van der Waals surface area contributed by atoms with Gasteiger partial charge in [0.05, 0.1) is 17.1 Å². The summed E-state index contributed by atoms with van der Waals surface area (Å²) in [5.41, 5.74) is 3.26. The molecule has 0 saturated heterocycles. The number of nitrogens with zero attached hydrogens (tertiary/aromatic N) is 4. The van der Waals surface area contributed by atoms with Gasteiger partial charge in [-0.15, -0.1) is 11.3 Å². The Morgan fingerprint density at radius 3 is 3.03 bits per heavy atom. The second-order valence-electron chi connectivity index (χ2n) is 8.19. The van der Waals surface area contributed by atoms with Crippen molar-refractivity contribution in [2.45, 2.75) is 39.2 Å². The van der Waals surface area contributed by atoms with Crippen LogP contribution in [0.25, 0.3) is 21.1 Å². The number of aromatic nitrogens is 4. The Bertz CT molecular complexity index is 1240. The second kappa shape index (κ2) is 7.36. The third-order valence-corrected chi connectivity index (χ3v) is 7.18. The maximum Gasteiger partial charge on any atom is 0.226 e. The monoisotopic (exact) mass is 420 g/mol. The molecule has 1 atom stereocenters. The van der Waals surface area contributed by atoms with E-state index in [0.717, 1.165) is 51.9 Å². The van der Waals surface area contributed by atoms with E-state index < -0.39 is 0 Å². The van der Waals surface area contributed by atoms with Crippen molar-refractivity contribution in [1.29, 1.82) is 0 Å². The van der Waals surface area contributed by atoms with Crippen molar-refractivity contribution in [3.05, 3.63) is 41.2 Å². The maximum absolute atomic E-state index is 12.8. The number of hydrogen-bond donors (Lipinski definition) is 2. The molecule has 1 aromatic carbocycles. The topological polar surface area (TPSA) is 86.8 Å². The van der Waals surface area contributed by atoms with E-state index in [1.807, 2.05) is 30.3 Å². The Kier molecular flexibility index (Phi) is 4.66. The van der Waals surface area contributed by atoms with Gasteiger partial charge in [0.15, 0.2) is 0 Å². The van der Waals surface area contributed by atoms with E-state index in [-0.39, 0.29) is 17.9 Å². The van der Waals surface area contributed by atoms with Crippen LogP contribution in [0.4, 0.5) is 11.5 Å². The molecule has 1 unspecified atom stereocenters. The summed E-state index contributed by atoms with van der Waals surface area (Å²) in [7, 11) is 1.90. The molecular weight excluding hydrogens is 396 g/mol. The minimum Gasteiger partial charge on any atom is -0.343 e. The number of carbonyl (C=O) groups excluding carboxylic acids is 1. The highest BCUT2D eigenvalue weighted by Crippen LogP contribution is 2.40. The summed E-state index contributed by atoms with van der Waals surface area (Å²) in [5.74, 6) is 1.11. The first-order chi connectivity index (χ1) is 14.5. The van der Waals surface area contributed by atoms with Gasteiger partial charge in [0.2, 0.25) is 5.91 Å². The quantitative estimate of drug-likeness (QED) is 0.514. The number of aromatic amines is 1. The molecule has 0 aliphatic heterocycles. The van der Waals surface area contributed by atoms with Crippen LogP contribution in [0.3, 0.4) is 0 Å². The second-order valence-corrected chi connectivity index (χ2v) is 9.27. The zero-order chi connectivity index (χ0) is 20.8. The number of hydrogen-bond acceptors (Lipinski definition) is 6. The molecule has 3 aromatic heterocycles. The van der Waals surface area contributed by atoms with E-state index in [1.165, 1.54) is 10.4 Å². The summed E-state index contributed by atoms with van der Waals surface area (Å²) in [4.78, 5) is 26.0. The lowest BCUT2D eigenvalue weighted by Gasteiger charge is -2.29. The summed E-state index contributed by atoms with van der Waals surface area (Å²) in [5, 5.41) is 12.7. The highest BCUT2D eigenvalue weighted by atomic mass is 32.1. The molecule has 2 N–H and O–H groups in total. The number of rotatable bonds is 4. The van der Waals surface area contributed by atoms with E-state index >= 15 is 0 Å². The van der Waals surface area contributed by atoms with E-state index in [9.17, 15) is 4.79 Å². The molecule has 4 aromatic rings. The molecule has 3 heterocycles. The van der Waals surface area contributed by atoms with Gasteiger partial charge in [-0.1, -0.05) is 0 Å². The van der Waals surface area contributed by atoms with Crippen molar-refractivity contribution < 1.29 is 4.79 Å². The standard InChI is InChI=1S/C22H24N6OS/c1-12(2)28(3)22(29)13-4-6-16-18(9-13)30-21-19(16)20(23-11-24-21)26-15-5-7-17-14(8-15)10-25-27-17/h5,7-8,10-13H,4,6,9H2,1-3H3,(H,25,27)(H,23,24,26). The van der Waals surface area contributed by atoms with Crippen molar-refractivity contribution >= 4 is 49.9 Å². The normalized spacial score (nSPS) is 16.2. The number of nitrogens with one attached hydrogen (secondary N) is 2. The van der Waals surface area contributed by atoms with Gasteiger partial charge in [0.1, 0.15) is 17.0 Å². The zero-order valence-corrected chi connectivity index (χ0v) is 18.1. The summed E-state index contributed by atoms with van der Waals surface area (Å²) < 4.78 is 0. The molecule has 7 nitrogen and oxygen atoms in total. The molecule has 0 radical (unpaired) electrons. The fourth-order valence-electron chi connectivity index (χ4n) is 4.12. The van der Waals surface area contributed by atoms with E-state index in [0.29, 0.717) is 0 Å². The van der Waals surface area contributed by atoms with Gasteiger partial charge in [-0.25, -0.2) is 9.97 Å². The average molecular weight is 421 g/mol. The predicted octanol–water partition coefficient (Wildman–Crippen LogP) is 4.28. The zero-order valence-electron chi connectivity index (χ0n) is 17.3. The van der Waals surface area contributed by atoms with Crippen LogP contribution in [0.1, 0.15) is 30.7 Å². The van der Waals surface area contributed by atoms with Crippen LogP contribution in [0.2, 0.25) is 0 Å². The highest BCUT2D eigenvalue weighted by Gasteiger charge is 2.31. The Morgan fingerprint density at radius 1 is 1.33 bits per heavy atom. The first-order valence-corrected chi connectivity index (χ1v) is 11.0. The molecule has 1 amide bonds. The molecule has 0 bridgehead atoms. The van der Waals surface area contributed by atoms with Crippen molar-refractivity contribution in [2.75, 3.05) is 12.4 Å². The molecule has 1 aliphatic rings. The maximum atomic E-state index is 12.8. The number of amides is 1. The SMILES string of the molecule is CC(C)N(C)C(=O)C1CCc2c(sc3ncnc(Nc4ccc5[nH]ncc5c4)c23)C1. The number of thiophene rings is 1. The molecule has 5 rings (SSSR count). The minimum atomic E-state index is 0.0471. The number of aryl methyl sites for hydroxylation is 1. The molecular formula is C22H24N6OS. The fraction of sp³-hybridized carbons (Fsp3) is 0.364. The van der Waals surface area contributed by atoms with E-state index in [2.05, 4.69) is 45.4 Å². The number of benzene rings is 1. The van der Waals surface area contributed by atoms with Crippen LogP contribution in [0, 0.1) is 5.92 Å². The first kappa shape index (κ1) is 19.0. The Hall–Kier alpha value is -3.00. The molecule has 30 heavy (non-hydrogen) atoms. The van der Waals surface area contributed by atoms with Gasteiger partial charge in [0.25, 0.3) is 0 Å². The molecule has 8 heteroatoms. The third-order valence-electron chi connectivity index (χ3n) is 6.02. The Morgan fingerprint density at radius 2 is 2.20 bits per heavy atom. The fourth-order valence-corrected chi connectivity index (χ4v) is 5.38. The summed E-state index contributed by atoms with van der Waals surface area (Å²) >= 11 is 1.69. The summed E-state index contributed by atoms with van der Waals surface area (Å²) in [6.45, 7) is 4.11. The first-order valence-electron chi connectivity index (χ1n) is 10.2. The van der Waals surface area contributed by atoms with Crippen LogP contribution in [-0.4, -0.2) is 44.1 Å². The van der Waals surface area contributed by atoms with E-state index in [1.54, 1.807) is 17.7 Å². The lowest BCUT2D eigenvalue weighted by atomic mass is 9.86. The smallest absolute Gasteiger partial charge is 0.226 e. The Balaban J connectivity index is 1.47. The molecule has 1 aliphatic carbocycles. The van der Waals surface area contributed by atoms with Crippen LogP contribution in [0.15, 0.2) is 30.7 Å². The largest absolute Gasteiger partial charge is 0.343 e. The number of carbonyl (C=O) groups is 1. The minimum absolute atomic E-state index is 0.0471. The average Bonchev–Trinajstić information content (AvgIpc) is 3.36. The van der Waals surface area contributed by atoms with Crippen LogP contribution < -0.4 is 5.32 Å². The van der Waals surface area contributed by atoms with Crippen molar-refractivity contribution in [3.8, 4) is 0 Å². The third kappa shape index (κ3) is 3.21. The molecule has 154 valence electrons. The summed E-state index contributed by atoms with van der Waals surface area (Å²) in [6, 6.07) is 6.30. The summed E-state index contributed by atoms with van der Waals surface area (Å²) in [6.07, 6.45) is 5.95. The number of anilines is 2. The Labute approximate surface area is 178 Å². The predicted molar refractivity (Wildman–Crippen MR) is 120 cm³/mol. The van der Waals surface area contributed by atoms with Crippen molar-refractivity contribution in [1.82, 2.24) is 25.1 Å². The van der Waals surface area contributed by atoms with Gasteiger partial charge in [-0.05, 0) is 56.9 Å². The highest BCUT2D eigenvalue weighted by molar-refractivity contribution is 7.19. The van der Waals surface area contributed by atoms with Gasteiger partial charge >= 0.3 is 0 Å². The van der Waals surface area contributed by atoms with Gasteiger partial charge in [0, 0.05) is 35.0 Å². The molecule has 0 saturated carbocycles. The van der Waals surface area contributed by atoms with Gasteiger partial charge < -0.3 is 10.2 Å². The lowest BCUT2D eigenvalue weighted by Crippen LogP contribution is -2.39. The lowest BCUT2D eigenvalue weighted by molar-refractivity contribution is -0.136. The van der Waals surface area contributed by atoms with E-state index in [4.69, 9.17) is 0 Å². The number of fused-ring (bicyclic) bond motifs is 4. The van der Waals surface area contributed by atoms with Crippen LogP contribution in [-0.2, 0) is 17.6 Å². The van der Waals surface area contributed by atoms with Crippen molar-refractivity contribution in [2.24, 2.45) is 5.92 Å². The van der Waals surface area contributed by atoms with Crippen molar-refractivity contribution in [3.63, 3.8) is 0 Å². The van der Waals surface area contributed by atoms with Gasteiger partial charge in [-0.3, -0.25) is 9.89 Å². The van der Waals surface area contributed by atoms with Gasteiger partial charge in [-0.2, -0.15) is 5.10 Å². The van der Waals surface area contributed by atoms with Crippen LogP contribution >= 0.6 is 11.3 Å². The molecule has 0 fully saturated rings.